The first-order chi connectivity index (χ1) is 18.9. The Morgan fingerprint density at radius 2 is 1.74 bits per heavy atom. The van der Waals surface area contributed by atoms with Gasteiger partial charge in [0, 0.05) is 63.8 Å². The molecule has 1 aliphatic carbocycles. The number of ether oxygens (including phenoxy) is 1. The molecule has 1 N–H and O–H groups in total. The number of quaternary nitrogens is 1. The molecule has 3 aliphatic heterocycles. The Labute approximate surface area is 224 Å². The molecule has 2 saturated heterocycles. The molecule has 0 bridgehead atoms. The number of fused-ring (bicyclic) bond motifs is 1. The highest BCUT2D eigenvalue weighted by atomic mass is 16.6. The summed E-state index contributed by atoms with van der Waals surface area (Å²) < 4.78 is 5.41. The van der Waals surface area contributed by atoms with Crippen LogP contribution in [0.3, 0.4) is 0 Å². The highest BCUT2D eigenvalue weighted by Crippen LogP contribution is 2.34. The lowest BCUT2D eigenvalue weighted by Crippen LogP contribution is -3.18. The number of benzene rings is 1. The first kappa shape index (κ1) is 25.4. The van der Waals surface area contributed by atoms with E-state index in [9.17, 15) is 24.9 Å². The van der Waals surface area contributed by atoms with Gasteiger partial charge >= 0.3 is 0 Å². The zero-order chi connectivity index (χ0) is 27.1. The van der Waals surface area contributed by atoms with E-state index in [1.54, 1.807) is 12.1 Å². The van der Waals surface area contributed by atoms with Crippen LogP contribution in [0.1, 0.15) is 27.3 Å². The van der Waals surface area contributed by atoms with Crippen molar-refractivity contribution in [2.24, 2.45) is 0 Å². The predicted octanol–water partition coefficient (Wildman–Crippen LogP) is 0.243. The van der Waals surface area contributed by atoms with Crippen LogP contribution in [0, 0.1) is 15.3 Å². The molecule has 6 rings (SSSR count). The lowest BCUT2D eigenvalue weighted by Gasteiger charge is -2.46. The minimum Gasteiger partial charge on any atom is -0.602 e. The van der Waals surface area contributed by atoms with Crippen LogP contribution in [0.2, 0.25) is 0 Å². The summed E-state index contributed by atoms with van der Waals surface area (Å²) in [6.07, 6.45) is 2.14. The minimum atomic E-state index is -0.423. The third-order valence-corrected chi connectivity index (χ3v) is 7.78. The number of hydrogen-bond donors (Lipinski definition) is 1. The molecular formula is C26H29N7O6. The van der Waals surface area contributed by atoms with Crippen LogP contribution in [0.15, 0.2) is 47.9 Å². The van der Waals surface area contributed by atoms with Gasteiger partial charge in [-0.05, 0) is 30.7 Å². The standard InChI is InChI=1S/C26H29N7O6/c34-25-19-3-1-6-27-22(19)26(35)23-24(25)32(36)31(23)8-2-7-28-9-11-29(12-10-28)18-4-5-20(33(37)38)21(17-18)30-13-15-39-16-14-30/h1,3-6,17,32H,2,7-16H2. The maximum absolute atomic E-state index is 12.9. The van der Waals surface area contributed by atoms with Gasteiger partial charge in [-0.15, -0.1) is 0 Å². The van der Waals surface area contributed by atoms with E-state index in [4.69, 9.17) is 4.74 Å². The van der Waals surface area contributed by atoms with E-state index in [0.29, 0.717) is 45.0 Å². The Kier molecular flexibility index (Phi) is 6.73. The lowest BCUT2D eigenvalue weighted by atomic mass is 9.92. The number of hydroxylamine groups is 1. The number of allylic oxidation sites excluding steroid dienone is 2. The third kappa shape index (κ3) is 4.52. The van der Waals surface area contributed by atoms with Crippen molar-refractivity contribution in [3.05, 3.63) is 74.5 Å². The Morgan fingerprint density at radius 3 is 2.49 bits per heavy atom. The molecule has 1 aromatic carbocycles. The molecule has 2 fully saturated rings. The minimum absolute atomic E-state index is 0.0198. The van der Waals surface area contributed by atoms with E-state index in [0.717, 1.165) is 38.4 Å². The molecule has 204 valence electrons. The monoisotopic (exact) mass is 535 g/mol. The van der Waals surface area contributed by atoms with Crippen molar-refractivity contribution >= 4 is 28.6 Å². The molecule has 0 spiro atoms. The fourth-order valence-electron chi connectivity index (χ4n) is 5.69. The Morgan fingerprint density at radius 1 is 0.974 bits per heavy atom. The molecule has 13 heteroatoms. The van der Waals surface area contributed by atoms with Crippen molar-refractivity contribution in [1.29, 1.82) is 0 Å². The highest BCUT2D eigenvalue weighted by molar-refractivity contribution is 6.25. The average molecular weight is 536 g/mol. The number of carbonyl (C=O) groups is 2. The van der Waals surface area contributed by atoms with Gasteiger partial charge in [-0.25, -0.2) is 10.2 Å². The van der Waals surface area contributed by atoms with Gasteiger partial charge in [0.25, 0.3) is 11.5 Å². The zero-order valence-corrected chi connectivity index (χ0v) is 21.4. The molecule has 0 amide bonds. The molecule has 4 heterocycles. The van der Waals surface area contributed by atoms with Gasteiger partial charge in [-0.1, -0.05) is 0 Å². The van der Waals surface area contributed by atoms with E-state index >= 15 is 0 Å². The molecular weight excluding hydrogens is 506 g/mol. The van der Waals surface area contributed by atoms with Crippen molar-refractivity contribution < 1.29 is 24.4 Å². The van der Waals surface area contributed by atoms with Gasteiger partial charge < -0.3 is 19.7 Å². The number of hydrogen-bond acceptors (Lipinski definition) is 11. The number of aromatic nitrogens is 1. The normalized spacial score (nSPS) is 21.6. The Balaban J connectivity index is 1.04. The summed E-state index contributed by atoms with van der Waals surface area (Å²) in [5, 5.41) is 25.3. The van der Waals surface area contributed by atoms with Crippen LogP contribution < -0.4 is 15.0 Å². The number of nitro benzene ring substituents is 1. The van der Waals surface area contributed by atoms with Crippen LogP contribution in [-0.4, -0.2) is 97.0 Å². The van der Waals surface area contributed by atoms with Crippen LogP contribution in [0.4, 0.5) is 17.1 Å². The number of carbonyl (C=O) groups excluding carboxylic acids is 2. The average Bonchev–Trinajstić information content (AvgIpc) is 2.97. The van der Waals surface area contributed by atoms with Gasteiger partial charge in [-0.2, -0.15) is 0 Å². The van der Waals surface area contributed by atoms with Crippen LogP contribution in [0.25, 0.3) is 0 Å². The number of nitrogens with one attached hydrogen (secondary N) is 1. The smallest absolute Gasteiger partial charge is 0.292 e. The maximum atomic E-state index is 12.9. The quantitative estimate of drug-likeness (QED) is 0.296. The SMILES string of the molecule is O=C1C2=C(C(=O)c3ncccc31)N(CCCN1CCN(c3ccc([N+](=O)[O-])c(N4CCOCC4)c3)CC1)[NH+]2[O-]. The van der Waals surface area contributed by atoms with Crippen molar-refractivity contribution in [3.8, 4) is 0 Å². The second-order valence-corrected chi connectivity index (χ2v) is 9.95. The summed E-state index contributed by atoms with van der Waals surface area (Å²) in [7, 11) is 0. The van der Waals surface area contributed by atoms with E-state index < -0.39 is 11.0 Å². The maximum Gasteiger partial charge on any atom is 0.292 e. The Hall–Kier alpha value is -3.91. The molecule has 1 aromatic heterocycles. The second-order valence-electron chi connectivity index (χ2n) is 9.95. The molecule has 13 nitrogen and oxygen atoms in total. The summed E-state index contributed by atoms with van der Waals surface area (Å²) in [5.74, 6) is -0.791. The van der Waals surface area contributed by atoms with E-state index in [2.05, 4.69) is 14.8 Å². The number of anilines is 2. The fraction of sp³-hybridized carbons (Fsp3) is 0.423. The van der Waals surface area contributed by atoms with Crippen LogP contribution >= 0.6 is 0 Å². The number of ketones is 2. The number of nitrogens with zero attached hydrogens (tertiary/aromatic N) is 6. The van der Waals surface area contributed by atoms with Gasteiger partial charge in [0.2, 0.25) is 17.2 Å². The summed E-state index contributed by atoms with van der Waals surface area (Å²) >= 11 is 0. The molecule has 0 radical (unpaired) electrons. The third-order valence-electron chi connectivity index (χ3n) is 7.78. The number of nitro groups is 1. The number of Topliss-reactive ketones (excluding diaryl/α,β-unsaturated/α-hetero) is 2. The molecule has 2 aromatic rings. The van der Waals surface area contributed by atoms with Crippen molar-refractivity contribution in [2.75, 3.05) is 75.4 Å². The molecule has 4 aliphatic rings. The van der Waals surface area contributed by atoms with Gasteiger partial charge in [0.15, 0.2) is 0 Å². The summed E-state index contributed by atoms with van der Waals surface area (Å²) in [6, 6.07) is 8.43. The van der Waals surface area contributed by atoms with Gasteiger partial charge in [-0.3, -0.25) is 29.6 Å². The van der Waals surface area contributed by atoms with Crippen molar-refractivity contribution in [3.63, 3.8) is 0 Å². The van der Waals surface area contributed by atoms with Gasteiger partial charge in [0.05, 0.1) is 30.2 Å². The van der Waals surface area contributed by atoms with Gasteiger partial charge in [0.1, 0.15) is 11.4 Å². The zero-order valence-electron chi connectivity index (χ0n) is 21.4. The number of rotatable bonds is 7. The number of morpholine rings is 1. The molecule has 39 heavy (non-hydrogen) atoms. The molecule has 0 saturated carbocycles. The van der Waals surface area contributed by atoms with Crippen LogP contribution in [-0.2, 0) is 4.74 Å². The summed E-state index contributed by atoms with van der Waals surface area (Å²) in [6.45, 7) is 6.62. The predicted molar refractivity (Wildman–Crippen MR) is 140 cm³/mol. The summed E-state index contributed by atoms with van der Waals surface area (Å²) in [4.78, 5) is 47.4. The number of piperazine rings is 1. The first-order valence-electron chi connectivity index (χ1n) is 13.1. The largest absolute Gasteiger partial charge is 0.602 e. The highest BCUT2D eigenvalue weighted by Gasteiger charge is 2.50. The van der Waals surface area contributed by atoms with Crippen LogP contribution in [0.5, 0.6) is 0 Å². The summed E-state index contributed by atoms with van der Waals surface area (Å²) in [5.41, 5.74) is 2.15. The lowest BCUT2D eigenvalue weighted by molar-refractivity contribution is -0.951. The molecule has 1 unspecified atom stereocenters. The van der Waals surface area contributed by atoms with E-state index in [1.165, 1.54) is 17.3 Å². The van der Waals surface area contributed by atoms with E-state index in [1.807, 2.05) is 17.0 Å². The fourth-order valence-corrected chi connectivity index (χ4v) is 5.69. The van der Waals surface area contributed by atoms with E-state index in [-0.39, 0.29) is 39.0 Å². The van der Waals surface area contributed by atoms with Crippen molar-refractivity contribution in [2.45, 2.75) is 6.42 Å². The Bertz CT molecular complexity index is 1350. The topological polar surface area (TPSA) is 140 Å². The molecule has 1 atom stereocenters. The number of pyridine rings is 1. The second kappa shape index (κ2) is 10.3. The first-order valence-corrected chi connectivity index (χ1v) is 13.1. The van der Waals surface area contributed by atoms with Crippen molar-refractivity contribution in [1.82, 2.24) is 14.9 Å².